The smallest absolute Gasteiger partial charge is 0.287 e. The molecule has 6 aromatic rings. The van der Waals surface area contributed by atoms with Gasteiger partial charge in [0.25, 0.3) is 11.2 Å². The number of para-hydroxylation sites is 1. The van der Waals surface area contributed by atoms with Gasteiger partial charge < -0.3 is 9.47 Å². The van der Waals surface area contributed by atoms with Gasteiger partial charge in [-0.25, -0.2) is 9.97 Å². The first kappa shape index (κ1) is 30.1. The van der Waals surface area contributed by atoms with Crippen LogP contribution in [0.3, 0.4) is 0 Å². The molecule has 0 saturated heterocycles. The van der Waals surface area contributed by atoms with Crippen molar-refractivity contribution in [3.8, 4) is 28.8 Å². The fourth-order valence-electron chi connectivity index (χ4n) is 5.34. The first-order chi connectivity index (χ1) is 22.2. The Balaban J connectivity index is 1.55. The van der Waals surface area contributed by atoms with Gasteiger partial charge in [-0.05, 0) is 72.0 Å². The van der Waals surface area contributed by atoms with E-state index in [1.807, 2.05) is 68.4 Å². The van der Waals surface area contributed by atoms with Crippen molar-refractivity contribution in [3.63, 3.8) is 0 Å². The summed E-state index contributed by atoms with van der Waals surface area (Å²) in [6, 6.07) is 25.4. The standard InChI is InChI=1S/C36H31N5O5/c1-5-45-33-18-23(4)29(19-28(33)22(2)3)35-39-31-13-9-8-12-27(31)36(42)40(35)38-21-30-26-11-7-6-10-24(26)14-16-32(30)46-34-17-15-25(20-37-34)41(43)44/h6-22H,5H2,1-4H3. The molecule has 0 spiro atoms. The van der Waals surface area contributed by atoms with Gasteiger partial charge in [0.1, 0.15) is 17.7 Å². The SMILES string of the molecule is CCOc1cc(C)c(-c2nc3ccccc3c(=O)n2N=Cc2c(Oc3ccc([N+](=O)[O-])cn3)ccc3ccccc23)cc1C(C)C. The Hall–Kier alpha value is -5.90. The quantitative estimate of drug-likeness (QED) is 0.0919. The highest BCUT2D eigenvalue weighted by atomic mass is 16.6. The van der Waals surface area contributed by atoms with E-state index >= 15 is 0 Å². The number of hydrogen-bond acceptors (Lipinski definition) is 8. The minimum Gasteiger partial charge on any atom is -0.494 e. The molecule has 10 nitrogen and oxygen atoms in total. The molecule has 0 bridgehead atoms. The zero-order valence-electron chi connectivity index (χ0n) is 25.8. The highest BCUT2D eigenvalue weighted by Gasteiger charge is 2.19. The predicted molar refractivity (Wildman–Crippen MR) is 179 cm³/mol. The van der Waals surface area contributed by atoms with E-state index in [4.69, 9.17) is 19.6 Å². The number of aromatic nitrogens is 3. The molecule has 0 radical (unpaired) electrons. The van der Waals surface area contributed by atoms with Crippen molar-refractivity contribution in [1.29, 1.82) is 0 Å². The molecule has 2 heterocycles. The molecule has 0 N–H and O–H groups in total. The number of nitro groups is 1. The Morgan fingerprint density at radius 2 is 1.74 bits per heavy atom. The van der Waals surface area contributed by atoms with Crippen LogP contribution in [0.4, 0.5) is 5.69 Å². The second-order valence-electron chi connectivity index (χ2n) is 11.0. The number of fused-ring (bicyclic) bond motifs is 2. The summed E-state index contributed by atoms with van der Waals surface area (Å²) < 4.78 is 13.4. The van der Waals surface area contributed by atoms with Crippen molar-refractivity contribution < 1.29 is 14.4 Å². The molecular formula is C36H31N5O5. The highest BCUT2D eigenvalue weighted by Crippen LogP contribution is 2.35. The van der Waals surface area contributed by atoms with Crippen LogP contribution in [0.2, 0.25) is 0 Å². The Morgan fingerprint density at radius 1 is 0.978 bits per heavy atom. The molecule has 0 aliphatic heterocycles. The van der Waals surface area contributed by atoms with Crippen molar-refractivity contribution in [2.75, 3.05) is 6.61 Å². The summed E-state index contributed by atoms with van der Waals surface area (Å²) in [4.78, 5) is 33.7. The highest BCUT2D eigenvalue weighted by molar-refractivity contribution is 6.02. The molecule has 230 valence electrons. The van der Waals surface area contributed by atoms with Gasteiger partial charge in [0.05, 0.1) is 28.6 Å². The number of nitrogens with zero attached hydrogens (tertiary/aromatic N) is 5. The number of benzene rings is 4. The summed E-state index contributed by atoms with van der Waals surface area (Å²) in [5.41, 5.74) is 3.33. The Labute approximate surface area is 264 Å². The Morgan fingerprint density at radius 3 is 2.46 bits per heavy atom. The number of ether oxygens (including phenoxy) is 2. The minimum absolute atomic E-state index is 0.145. The summed E-state index contributed by atoms with van der Waals surface area (Å²) >= 11 is 0. The molecule has 4 aromatic carbocycles. The van der Waals surface area contributed by atoms with Crippen LogP contribution >= 0.6 is 0 Å². The fourth-order valence-corrected chi connectivity index (χ4v) is 5.34. The van der Waals surface area contributed by atoms with E-state index in [1.165, 1.54) is 16.8 Å². The van der Waals surface area contributed by atoms with Gasteiger partial charge in [-0.3, -0.25) is 14.9 Å². The van der Waals surface area contributed by atoms with Crippen molar-refractivity contribution in [2.45, 2.75) is 33.6 Å². The summed E-state index contributed by atoms with van der Waals surface area (Å²) in [5.74, 6) is 1.93. The summed E-state index contributed by atoms with van der Waals surface area (Å²) in [7, 11) is 0. The number of rotatable bonds is 9. The van der Waals surface area contributed by atoms with Gasteiger partial charge in [-0.1, -0.05) is 56.3 Å². The monoisotopic (exact) mass is 613 g/mol. The van der Waals surface area contributed by atoms with E-state index in [1.54, 1.807) is 24.4 Å². The van der Waals surface area contributed by atoms with Gasteiger partial charge in [0, 0.05) is 23.3 Å². The van der Waals surface area contributed by atoms with Crippen LogP contribution in [0, 0.1) is 17.0 Å². The lowest BCUT2D eigenvalue weighted by Crippen LogP contribution is -2.21. The minimum atomic E-state index is -0.520. The average Bonchev–Trinajstić information content (AvgIpc) is 3.05. The molecule has 0 fully saturated rings. The predicted octanol–water partition coefficient (Wildman–Crippen LogP) is 8.02. The van der Waals surface area contributed by atoms with Crippen LogP contribution < -0.4 is 15.0 Å². The molecule has 0 unspecified atom stereocenters. The zero-order chi connectivity index (χ0) is 32.4. The second-order valence-corrected chi connectivity index (χ2v) is 11.0. The van der Waals surface area contributed by atoms with E-state index in [0.717, 1.165) is 39.4 Å². The van der Waals surface area contributed by atoms with Gasteiger partial charge in [0.2, 0.25) is 5.88 Å². The van der Waals surface area contributed by atoms with Crippen LogP contribution in [0.15, 0.2) is 101 Å². The van der Waals surface area contributed by atoms with E-state index < -0.39 is 4.92 Å². The molecule has 0 aliphatic carbocycles. The maximum absolute atomic E-state index is 14.1. The third kappa shape index (κ3) is 5.80. The third-order valence-corrected chi connectivity index (χ3v) is 7.65. The van der Waals surface area contributed by atoms with Gasteiger partial charge in [0.15, 0.2) is 5.82 Å². The maximum atomic E-state index is 14.1. The van der Waals surface area contributed by atoms with Crippen molar-refractivity contribution in [3.05, 3.63) is 128 Å². The van der Waals surface area contributed by atoms with Gasteiger partial charge in [-0.2, -0.15) is 9.78 Å². The fraction of sp³-hybridized carbons (Fsp3) is 0.167. The zero-order valence-corrected chi connectivity index (χ0v) is 25.8. The number of pyridine rings is 1. The van der Waals surface area contributed by atoms with Crippen LogP contribution in [0.25, 0.3) is 33.1 Å². The largest absolute Gasteiger partial charge is 0.494 e. The first-order valence-electron chi connectivity index (χ1n) is 14.9. The Kier molecular flexibility index (Phi) is 8.26. The lowest BCUT2D eigenvalue weighted by molar-refractivity contribution is -0.385. The van der Waals surface area contributed by atoms with Crippen molar-refractivity contribution >= 4 is 33.6 Å². The average molecular weight is 614 g/mol. The Bertz CT molecular complexity index is 2190. The van der Waals surface area contributed by atoms with Crippen LogP contribution in [-0.2, 0) is 0 Å². The van der Waals surface area contributed by atoms with Crippen molar-refractivity contribution in [2.24, 2.45) is 5.10 Å². The molecule has 0 amide bonds. The molecule has 0 atom stereocenters. The molecule has 46 heavy (non-hydrogen) atoms. The van der Waals surface area contributed by atoms with Crippen LogP contribution in [0.1, 0.15) is 43.4 Å². The van der Waals surface area contributed by atoms with E-state index in [9.17, 15) is 14.9 Å². The topological polar surface area (TPSA) is 122 Å². The molecule has 0 aliphatic rings. The maximum Gasteiger partial charge on any atom is 0.287 e. The lowest BCUT2D eigenvalue weighted by atomic mass is 9.96. The van der Waals surface area contributed by atoms with Gasteiger partial charge >= 0.3 is 0 Å². The molecule has 6 rings (SSSR count). The summed E-state index contributed by atoms with van der Waals surface area (Å²) in [6.07, 6.45) is 2.72. The third-order valence-electron chi connectivity index (χ3n) is 7.65. The molecule has 2 aromatic heterocycles. The first-order valence-corrected chi connectivity index (χ1v) is 14.9. The summed E-state index contributed by atoms with van der Waals surface area (Å²) in [5, 5.41) is 18.1. The second kappa shape index (κ2) is 12.6. The molecule has 0 saturated carbocycles. The number of aryl methyl sites for hydroxylation is 1. The van der Waals surface area contributed by atoms with Crippen LogP contribution in [-0.4, -0.2) is 32.4 Å². The van der Waals surface area contributed by atoms with E-state index in [2.05, 4.69) is 18.8 Å². The van der Waals surface area contributed by atoms with Crippen LogP contribution in [0.5, 0.6) is 17.4 Å². The van der Waals surface area contributed by atoms with E-state index in [-0.39, 0.29) is 23.0 Å². The molecule has 10 heteroatoms. The molecular weight excluding hydrogens is 582 g/mol. The number of hydrogen-bond donors (Lipinski definition) is 0. The normalized spacial score (nSPS) is 11.5. The summed E-state index contributed by atoms with van der Waals surface area (Å²) in [6.45, 7) is 8.64. The van der Waals surface area contributed by atoms with Gasteiger partial charge in [-0.15, -0.1) is 0 Å². The lowest BCUT2D eigenvalue weighted by Gasteiger charge is -2.18. The van der Waals surface area contributed by atoms with Crippen molar-refractivity contribution in [1.82, 2.24) is 14.6 Å². The van der Waals surface area contributed by atoms with E-state index in [0.29, 0.717) is 34.6 Å².